The Hall–Kier alpha value is -3.30. The number of carbonyl (C=O) groups is 3. The van der Waals surface area contributed by atoms with Crippen LogP contribution in [0, 0.1) is 5.41 Å². The number of rotatable bonds is 10. The molecule has 2 amide bonds. The highest BCUT2D eigenvalue weighted by atomic mass is 16.6. The Kier molecular flexibility index (Phi) is 9.60. The lowest BCUT2D eigenvalue weighted by Gasteiger charge is -2.24. The zero-order chi connectivity index (χ0) is 22.7. The second-order valence-electron chi connectivity index (χ2n) is 7.77. The Morgan fingerprint density at radius 2 is 1.77 bits per heavy atom. The first-order valence-corrected chi connectivity index (χ1v) is 9.62. The summed E-state index contributed by atoms with van der Waals surface area (Å²) in [7, 11) is 0. The van der Waals surface area contributed by atoms with Crippen molar-refractivity contribution in [3.05, 3.63) is 35.9 Å². The summed E-state index contributed by atoms with van der Waals surface area (Å²) in [4.78, 5) is 36.5. The van der Waals surface area contributed by atoms with Gasteiger partial charge in [0.25, 0.3) is 0 Å². The van der Waals surface area contributed by atoms with Crippen LogP contribution in [0.15, 0.2) is 30.3 Å². The maximum atomic E-state index is 12.8. The minimum absolute atomic E-state index is 0.131. The Morgan fingerprint density at radius 1 is 1.13 bits per heavy atom. The van der Waals surface area contributed by atoms with Gasteiger partial charge in [0.05, 0.1) is 0 Å². The van der Waals surface area contributed by atoms with Crippen LogP contribution in [0.25, 0.3) is 0 Å². The van der Waals surface area contributed by atoms with E-state index in [1.165, 1.54) is 0 Å². The molecule has 0 aromatic heterocycles. The average Bonchev–Trinajstić information content (AvgIpc) is 2.62. The maximum absolute atomic E-state index is 12.8. The second kappa shape index (κ2) is 11.6. The van der Waals surface area contributed by atoms with Gasteiger partial charge < -0.3 is 31.5 Å². The zero-order valence-electron chi connectivity index (χ0n) is 17.5. The molecule has 0 heterocycles. The fourth-order valence-corrected chi connectivity index (χ4v) is 2.57. The van der Waals surface area contributed by atoms with Gasteiger partial charge in [-0.1, -0.05) is 30.3 Å². The van der Waals surface area contributed by atoms with E-state index in [0.29, 0.717) is 13.0 Å². The number of carboxylic acids is 1. The number of ether oxygens (including phenoxy) is 1. The van der Waals surface area contributed by atoms with Crippen molar-refractivity contribution in [1.82, 2.24) is 16.0 Å². The summed E-state index contributed by atoms with van der Waals surface area (Å²) < 4.78 is 5.22. The van der Waals surface area contributed by atoms with Gasteiger partial charge in [-0.05, 0) is 39.2 Å². The summed E-state index contributed by atoms with van der Waals surface area (Å²) in [5, 5.41) is 24.1. The van der Waals surface area contributed by atoms with Crippen LogP contribution >= 0.6 is 0 Å². The molecule has 0 fully saturated rings. The van der Waals surface area contributed by atoms with E-state index in [-0.39, 0.29) is 18.8 Å². The van der Waals surface area contributed by atoms with E-state index in [9.17, 15) is 19.5 Å². The highest BCUT2D eigenvalue weighted by molar-refractivity contribution is 5.89. The van der Waals surface area contributed by atoms with E-state index in [0.717, 1.165) is 5.56 Å². The number of amides is 2. The largest absolute Gasteiger partial charge is 0.480 e. The third-order valence-electron chi connectivity index (χ3n) is 3.89. The first kappa shape index (κ1) is 24.7. The summed E-state index contributed by atoms with van der Waals surface area (Å²) in [6.07, 6.45) is -0.0912. The van der Waals surface area contributed by atoms with Gasteiger partial charge in [-0.15, -0.1) is 0 Å². The SMILES string of the molecule is CC(C)(C)OC(=O)N[C@@H](Cc1ccccc1)C(=O)N[C@H](CCCNC(=N)N)C(=O)O. The van der Waals surface area contributed by atoms with Gasteiger partial charge in [-0.2, -0.15) is 0 Å². The molecule has 0 aliphatic carbocycles. The van der Waals surface area contributed by atoms with Crippen molar-refractivity contribution in [2.24, 2.45) is 5.73 Å². The Balaban J connectivity index is 2.83. The van der Waals surface area contributed by atoms with E-state index in [4.69, 9.17) is 15.9 Å². The van der Waals surface area contributed by atoms with Gasteiger partial charge in [0.15, 0.2) is 5.96 Å². The Bertz CT molecular complexity index is 733. The number of benzene rings is 1. The second-order valence-corrected chi connectivity index (χ2v) is 7.77. The maximum Gasteiger partial charge on any atom is 0.408 e. The summed E-state index contributed by atoms with van der Waals surface area (Å²) >= 11 is 0. The number of hydrogen-bond acceptors (Lipinski definition) is 5. The van der Waals surface area contributed by atoms with Crippen LogP contribution in [0.5, 0.6) is 0 Å². The van der Waals surface area contributed by atoms with Crippen molar-refractivity contribution in [1.29, 1.82) is 5.41 Å². The molecule has 7 N–H and O–H groups in total. The van der Waals surface area contributed by atoms with Crippen molar-refractivity contribution in [2.45, 2.75) is 57.7 Å². The van der Waals surface area contributed by atoms with Crippen LogP contribution in [0.3, 0.4) is 0 Å². The molecule has 0 bridgehead atoms. The number of nitrogens with two attached hydrogens (primary N) is 1. The van der Waals surface area contributed by atoms with E-state index < -0.39 is 35.7 Å². The molecule has 10 heteroatoms. The standard InChI is InChI=1S/C20H31N5O5/c1-20(2,3)30-19(29)25-15(12-13-8-5-4-6-9-13)16(26)24-14(17(27)28)10-7-11-23-18(21)22/h4-6,8-9,14-15H,7,10-12H2,1-3H3,(H,24,26)(H,25,29)(H,27,28)(H4,21,22,23)/t14-,15+/m1/s1. The molecule has 10 nitrogen and oxygen atoms in total. The van der Waals surface area contributed by atoms with E-state index in [2.05, 4.69) is 16.0 Å². The minimum Gasteiger partial charge on any atom is -0.480 e. The van der Waals surface area contributed by atoms with E-state index >= 15 is 0 Å². The minimum atomic E-state index is -1.19. The zero-order valence-corrected chi connectivity index (χ0v) is 17.5. The molecule has 0 aliphatic heterocycles. The lowest BCUT2D eigenvalue weighted by atomic mass is 10.0. The van der Waals surface area contributed by atoms with Crippen molar-refractivity contribution >= 4 is 23.9 Å². The topological polar surface area (TPSA) is 167 Å². The predicted octanol–water partition coefficient (Wildman–Crippen LogP) is 0.955. The summed E-state index contributed by atoms with van der Waals surface area (Å²) in [6.45, 7) is 5.41. The Labute approximate surface area is 176 Å². The van der Waals surface area contributed by atoms with Crippen LogP contribution in [0.2, 0.25) is 0 Å². The molecule has 0 unspecified atom stereocenters. The fourth-order valence-electron chi connectivity index (χ4n) is 2.57. The molecule has 1 rings (SSSR count). The summed E-state index contributed by atoms with van der Waals surface area (Å²) in [5.41, 5.74) is 5.24. The molecule has 0 saturated carbocycles. The summed E-state index contributed by atoms with van der Waals surface area (Å²) in [5.74, 6) is -2.03. The number of hydrogen-bond donors (Lipinski definition) is 6. The first-order valence-electron chi connectivity index (χ1n) is 9.62. The smallest absolute Gasteiger partial charge is 0.408 e. The van der Waals surface area contributed by atoms with Gasteiger partial charge in [-0.25, -0.2) is 9.59 Å². The molecule has 30 heavy (non-hydrogen) atoms. The van der Waals surface area contributed by atoms with Crippen LogP contribution in [0.4, 0.5) is 4.79 Å². The molecule has 0 radical (unpaired) electrons. The monoisotopic (exact) mass is 421 g/mol. The third-order valence-corrected chi connectivity index (χ3v) is 3.89. The summed E-state index contributed by atoms with van der Waals surface area (Å²) in [6, 6.07) is 6.89. The van der Waals surface area contributed by atoms with Crippen LogP contribution in [-0.4, -0.2) is 53.3 Å². The van der Waals surface area contributed by atoms with Gasteiger partial charge in [0.2, 0.25) is 5.91 Å². The molecule has 1 aromatic rings. The van der Waals surface area contributed by atoms with Gasteiger partial charge in [0, 0.05) is 13.0 Å². The fraction of sp³-hybridized carbons (Fsp3) is 0.500. The van der Waals surface area contributed by atoms with Gasteiger partial charge in [-0.3, -0.25) is 10.2 Å². The van der Waals surface area contributed by atoms with Crippen molar-refractivity contribution in [3.63, 3.8) is 0 Å². The van der Waals surface area contributed by atoms with Crippen LogP contribution in [0.1, 0.15) is 39.2 Å². The van der Waals surface area contributed by atoms with E-state index in [1.54, 1.807) is 45.0 Å². The molecule has 0 saturated heterocycles. The molecule has 166 valence electrons. The number of carboxylic acid groups (broad SMARTS) is 1. The first-order chi connectivity index (χ1) is 14.0. The van der Waals surface area contributed by atoms with Gasteiger partial charge in [0.1, 0.15) is 17.7 Å². The van der Waals surface area contributed by atoms with E-state index in [1.807, 2.05) is 6.07 Å². The molecular weight excluding hydrogens is 390 g/mol. The number of nitrogens with one attached hydrogen (secondary N) is 4. The predicted molar refractivity (Wildman–Crippen MR) is 112 cm³/mol. The van der Waals surface area contributed by atoms with Crippen LogP contribution in [-0.2, 0) is 20.7 Å². The highest BCUT2D eigenvalue weighted by Crippen LogP contribution is 2.09. The Morgan fingerprint density at radius 3 is 2.30 bits per heavy atom. The van der Waals surface area contributed by atoms with Crippen molar-refractivity contribution in [2.75, 3.05) is 6.54 Å². The van der Waals surface area contributed by atoms with Gasteiger partial charge >= 0.3 is 12.1 Å². The molecule has 1 aromatic carbocycles. The van der Waals surface area contributed by atoms with Crippen molar-refractivity contribution in [3.8, 4) is 0 Å². The average molecular weight is 421 g/mol. The molecule has 0 spiro atoms. The molecular formula is C20H31N5O5. The highest BCUT2D eigenvalue weighted by Gasteiger charge is 2.28. The number of alkyl carbamates (subject to hydrolysis) is 1. The number of guanidine groups is 1. The third kappa shape index (κ3) is 10.3. The van der Waals surface area contributed by atoms with Crippen LogP contribution < -0.4 is 21.7 Å². The molecule has 0 aliphatic rings. The lowest BCUT2D eigenvalue weighted by Crippen LogP contribution is -2.53. The number of aliphatic carboxylic acids is 1. The van der Waals surface area contributed by atoms with Crippen molar-refractivity contribution < 1.29 is 24.2 Å². The lowest BCUT2D eigenvalue weighted by molar-refractivity contribution is -0.142. The molecule has 2 atom stereocenters. The number of carbonyl (C=O) groups excluding carboxylic acids is 2. The quantitative estimate of drug-likeness (QED) is 0.186. The normalized spacial score (nSPS) is 12.9.